The molecule has 6 nitrogen and oxygen atoms in total. The number of rotatable bonds is 5. The predicted molar refractivity (Wildman–Crippen MR) is 111 cm³/mol. The Kier molecular flexibility index (Phi) is 8.25. The SMILES string of the molecule is CN=C(NCC(c1ccc(C)o1)N1CCOCC1)NC1CC=CC1.I. The number of aliphatic imine (C=N–C) groups is 1. The summed E-state index contributed by atoms with van der Waals surface area (Å²) in [6.07, 6.45) is 6.55. The van der Waals surface area contributed by atoms with Gasteiger partial charge in [-0.15, -0.1) is 24.0 Å². The normalized spacial score (nSPS) is 20.3. The van der Waals surface area contributed by atoms with E-state index < -0.39 is 0 Å². The first-order chi connectivity index (χ1) is 11.8. The molecule has 0 bridgehead atoms. The van der Waals surface area contributed by atoms with Crippen LogP contribution in [-0.4, -0.2) is 56.8 Å². The molecule has 2 heterocycles. The minimum Gasteiger partial charge on any atom is -0.465 e. The number of nitrogens with one attached hydrogen (secondary N) is 2. The number of guanidine groups is 1. The first-order valence-corrected chi connectivity index (χ1v) is 8.76. The molecule has 1 unspecified atom stereocenters. The Labute approximate surface area is 167 Å². The summed E-state index contributed by atoms with van der Waals surface area (Å²) in [6.45, 7) is 6.14. The summed E-state index contributed by atoms with van der Waals surface area (Å²) in [7, 11) is 1.82. The van der Waals surface area contributed by atoms with Crippen LogP contribution in [0.4, 0.5) is 0 Å². The molecule has 7 heteroatoms. The fourth-order valence-corrected chi connectivity index (χ4v) is 3.25. The number of ether oxygens (including phenoxy) is 1. The molecule has 0 aromatic carbocycles. The number of aryl methyl sites for hydroxylation is 1. The van der Waals surface area contributed by atoms with E-state index >= 15 is 0 Å². The van der Waals surface area contributed by atoms with Crippen LogP contribution in [0.15, 0.2) is 33.7 Å². The minimum absolute atomic E-state index is 0. The van der Waals surface area contributed by atoms with Gasteiger partial charge in [0.25, 0.3) is 0 Å². The Morgan fingerprint density at radius 1 is 1.28 bits per heavy atom. The van der Waals surface area contributed by atoms with Crippen LogP contribution in [0.1, 0.15) is 30.4 Å². The third-order valence-corrected chi connectivity index (χ3v) is 4.61. The molecule has 1 fully saturated rings. The van der Waals surface area contributed by atoms with Crippen molar-refractivity contribution in [3.05, 3.63) is 35.8 Å². The molecule has 1 aromatic heterocycles. The molecule has 140 valence electrons. The molecule has 0 spiro atoms. The van der Waals surface area contributed by atoms with Crippen LogP contribution in [0.5, 0.6) is 0 Å². The Hall–Kier alpha value is -1.06. The van der Waals surface area contributed by atoms with Gasteiger partial charge < -0.3 is 19.8 Å². The highest BCUT2D eigenvalue weighted by Crippen LogP contribution is 2.23. The molecule has 25 heavy (non-hydrogen) atoms. The van der Waals surface area contributed by atoms with E-state index in [0.29, 0.717) is 6.04 Å². The monoisotopic (exact) mass is 460 g/mol. The maximum atomic E-state index is 5.91. The van der Waals surface area contributed by atoms with Crippen molar-refractivity contribution in [3.8, 4) is 0 Å². The van der Waals surface area contributed by atoms with Crippen molar-refractivity contribution in [2.45, 2.75) is 31.8 Å². The summed E-state index contributed by atoms with van der Waals surface area (Å²) >= 11 is 0. The second kappa shape index (κ2) is 10.2. The summed E-state index contributed by atoms with van der Waals surface area (Å²) in [5, 5.41) is 6.95. The predicted octanol–water partition coefficient (Wildman–Crippen LogP) is 2.46. The van der Waals surface area contributed by atoms with E-state index in [4.69, 9.17) is 9.15 Å². The second-order valence-corrected chi connectivity index (χ2v) is 6.35. The first-order valence-electron chi connectivity index (χ1n) is 8.76. The van der Waals surface area contributed by atoms with Crippen molar-refractivity contribution in [2.75, 3.05) is 39.9 Å². The van der Waals surface area contributed by atoms with Gasteiger partial charge >= 0.3 is 0 Å². The van der Waals surface area contributed by atoms with Gasteiger partial charge in [-0.25, -0.2) is 0 Å². The van der Waals surface area contributed by atoms with E-state index in [1.54, 1.807) is 0 Å². The lowest BCUT2D eigenvalue weighted by Gasteiger charge is -2.33. The van der Waals surface area contributed by atoms with Crippen molar-refractivity contribution in [3.63, 3.8) is 0 Å². The highest BCUT2D eigenvalue weighted by molar-refractivity contribution is 14.0. The Balaban J connectivity index is 0.00000225. The topological polar surface area (TPSA) is 62.0 Å². The van der Waals surface area contributed by atoms with Gasteiger partial charge in [0.05, 0.1) is 19.3 Å². The molecule has 1 aromatic rings. The van der Waals surface area contributed by atoms with Crippen LogP contribution in [-0.2, 0) is 4.74 Å². The Morgan fingerprint density at radius 2 is 2.00 bits per heavy atom. The summed E-state index contributed by atoms with van der Waals surface area (Å²) in [4.78, 5) is 6.78. The van der Waals surface area contributed by atoms with Gasteiger partial charge in [0, 0.05) is 32.7 Å². The highest BCUT2D eigenvalue weighted by atomic mass is 127. The summed E-state index contributed by atoms with van der Waals surface area (Å²) < 4.78 is 11.4. The van der Waals surface area contributed by atoms with E-state index in [0.717, 1.165) is 63.2 Å². The van der Waals surface area contributed by atoms with Gasteiger partial charge in [0.15, 0.2) is 5.96 Å². The van der Waals surface area contributed by atoms with Gasteiger partial charge in [-0.05, 0) is 31.9 Å². The molecular formula is C18H29IN4O2. The van der Waals surface area contributed by atoms with Crippen LogP contribution in [0.2, 0.25) is 0 Å². The summed E-state index contributed by atoms with van der Waals surface area (Å²) in [6, 6.07) is 4.74. The maximum absolute atomic E-state index is 5.91. The molecule has 2 aliphatic rings. The number of hydrogen-bond donors (Lipinski definition) is 2. The van der Waals surface area contributed by atoms with Crippen molar-refractivity contribution in [2.24, 2.45) is 4.99 Å². The lowest BCUT2D eigenvalue weighted by atomic mass is 10.1. The number of furan rings is 1. The molecule has 1 aliphatic carbocycles. The molecule has 0 amide bonds. The quantitative estimate of drug-likeness (QED) is 0.306. The molecule has 3 rings (SSSR count). The molecule has 1 atom stereocenters. The van der Waals surface area contributed by atoms with Gasteiger partial charge in [0.1, 0.15) is 11.5 Å². The van der Waals surface area contributed by atoms with Crippen LogP contribution in [0.3, 0.4) is 0 Å². The average molecular weight is 460 g/mol. The van der Waals surface area contributed by atoms with Gasteiger partial charge in [0.2, 0.25) is 0 Å². The lowest BCUT2D eigenvalue weighted by Crippen LogP contribution is -2.48. The summed E-state index contributed by atoms with van der Waals surface area (Å²) in [5.74, 6) is 2.80. The lowest BCUT2D eigenvalue weighted by molar-refractivity contribution is 0.0124. The number of hydrogen-bond acceptors (Lipinski definition) is 4. The van der Waals surface area contributed by atoms with E-state index in [1.807, 2.05) is 20.0 Å². The van der Waals surface area contributed by atoms with Crippen LogP contribution < -0.4 is 10.6 Å². The van der Waals surface area contributed by atoms with Gasteiger partial charge in [-0.1, -0.05) is 12.2 Å². The van der Waals surface area contributed by atoms with Crippen molar-refractivity contribution >= 4 is 29.9 Å². The van der Waals surface area contributed by atoms with Crippen molar-refractivity contribution in [1.29, 1.82) is 0 Å². The highest BCUT2D eigenvalue weighted by Gasteiger charge is 2.25. The molecule has 0 radical (unpaired) electrons. The van der Waals surface area contributed by atoms with Crippen molar-refractivity contribution < 1.29 is 9.15 Å². The maximum Gasteiger partial charge on any atom is 0.191 e. The molecule has 0 saturated carbocycles. The zero-order chi connectivity index (χ0) is 16.8. The van der Waals surface area contributed by atoms with Gasteiger partial charge in [-0.3, -0.25) is 9.89 Å². The molecular weight excluding hydrogens is 431 g/mol. The van der Waals surface area contributed by atoms with E-state index in [9.17, 15) is 0 Å². The fraction of sp³-hybridized carbons (Fsp3) is 0.611. The third-order valence-electron chi connectivity index (χ3n) is 4.61. The standard InChI is InChI=1S/C18H28N4O2.HI/c1-14-7-8-17(24-14)16(22-9-11-23-12-10-22)13-20-18(19-2)21-15-5-3-4-6-15;/h3-4,7-8,15-16H,5-6,9-13H2,1-2H3,(H2,19,20,21);1H. The number of nitrogens with zero attached hydrogens (tertiary/aromatic N) is 2. The smallest absolute Gasteiger partial charge is 0.191 e. The average Bonchev–Trinajstić information content (AvgIpc) is 3.27. The van der Waals surface area contributed by atoms with E-state index in [2.05, 4.69) is 38.7 Å². The Morgan fingerprint density at radius 3 is 2.60 bits per heavy atom. The van der Waals surface area contributed by atoms with Gasteiger partial charge in [-0.2, -0.15) is 0 Å². The van der Waals surface area contributed by atoms with Crippen LogP contribution >= 0.6 is 24.0 Å². The molecule has 2 N–H and O–H groups in total. The molecule has 1 saturated heterocycles. The minimum atomic E-state index is 0. The summed E-state index contributed by atoms with van der Waals surface area (Å²) in [5.41, 5.74) is 0. The van der Waals surface area contributed by atoms with E-state index in [1.165, 1.54) is 0 Å². The zero-order valence-electron chi connectivity index (χ0n) is 15.0. The fourth-order valence-electron chi connectivity index (χ4n) is 3.25. The number of halogens is 1. The molecule has 1 aliphatic heterocycles. The van der Waals surface area contributed by atoms with Crippen LogP contribution in [0.25, 0.3) is 0 Å². The Bertz CT molecular complexity index is 573. The van der Waals surface area contributed by atoms with Crippen molar-refractivity contribution in [1.82, 2.24) is 15.5 Å². The third kappa shape index (κ3) is 5.72. The first kappa shape index (κ1) is 20.3. The second-order valence-electron chi connectivity index (χ2n) is 6.35. The largest absolute Gasteiger partial charge is 0.465 e. The zero-order valence-corrected chi connectivity index (χ0v) is 17.4. The van der Waals surface area contributed by atoms with Crippen LogP contribution in [0, 0.1) is 6.92 Å². The van der Waals surface area contributed by atoms with E-state index in [-0.39, 0.29) is 30.0 Å². The number of morpholine rings is 1.